The molecule has 2 N–H and O–H groups in total. The van der Waals surface area contributed by atoms with Gasteiger partial charge in [-0.3, -0.25) is 4.79 Å². The molecule has 3 aromatic rings. The lowest BCUT2D eigenvalue weighted by atomic mass is 10.1. The number of nitrogens with one attached hydrogen (secondary N) is 1. The fraction of sp³-hybridized carbons (Fsp3) is 0.222. The standard InChI is InChI=1S/C18H19N3O2/c1-3-13-4-5-16(22)15(9-13)18(23)19-10-14-11-21-7-6-12(2)8-17(21)20-14/h4-9,11,22H,3,10H2,1-2H3,(H,19,23). The van der Waals surface area contributed by atoms with Crippen molar-refractivity contribution >= 4 is 11.6 Å². The number of pyridine rings is 1. The Kier molecular flexibility index (Phi) is 4.02. The summed E-state index contributed by atoms with van der Waals surface area (Å²) in [5.74, 6) is -0.309. The van der Waals surface area contributed by atoms with Gasteiger partial charge in [-0.15, -0.1) is 0 Å². The number of imidazole rings is 1. The maximum atomic E-state index is 12.3. The predicted octanol–water partition coefficient (Wildman–Crippen LogP) is 2.84. The molecule has 23 heavy (non-hydrogen) atoms. The summed E-state index contributed by atoms with van der Waals surface area (Å²) < 4.78 is 1.92. The number of carbonyl (C=O) groups excluding carboxylic acids is 1. The molecule has 2 aromatic heterocycles. The third-order valence-electron chi connectivity index (χ3n) is 3.81. The summed E-state index contributed by atoms with van der Waals surface area (Å²) in [6.07, 6.45) is 4.64. The Hall–Kier alpha value is -2.82. The third-order valence-corrected chi connectivity index (χ3v) is 3.81. The maximum absolute atomic E-state index is 12.3. The number of fused-ring (bicyclic) bond motifs is 1. The van der Waals surface area contributed by atoms with Gasteiger partial charge in [-0.25, -0.2) is 4.98 Å². The lowest BCUT2D eigenvalue weighted by molar-refractivity contribution is 0.0947. The Morgan fingerprint density at radius 2 is 2.13 bits per heavy atom. The Morgan fingerprint density at radius 3 is 2.91 bits per heavy atom. The van der Waals surface area contributed by atoms with Gasteiger partial charge >= 0.3 is 0 Å². The number of phenols is 1. The van der Waals surface area contributed by atoms with E-state index in [1.807, 2.05) is 48.8 Å². The molecule has 0 atom stereocenters. The van der Waals surface area contributed by atoms with Gasteiger partial charge in [0, 0.05) is 12.4 Å². The molecule has 0 spiro atoms. The number of aryl methyl sites for hydroxylation is 2. The monoisotopic (exact) mass is 309 g/mol. The van der Waals surface area contributed by atoms with Crippen molar-refractivity contribution in [1.82, 2.24) is 14.7 Å². The number of amides is 1. The average Bonchev–Trinajstić information content (AvgIpc) is 2.95. The first-order valence-electron chi connectivity index (χ1n) is 7.61. The minimum atomic E-state index is -0.300. The second kappa shape index (κ2) is 6.12. The zero-order valence-electron chi connectivity index (χ0n) is 13.2. The van der Waals surface area contributed by atoms with E-state index in [1.165, 1.54) is 0 Å². The van der Waals surface area contributed by atoms with Crippen LogP contribution in [0.2, 0.25) is 0 Å². The number of aromatic nitrogens is 2. The molecule has 3 rings (SSSR count). The number of hydrogen-bond donors (Lipinski definition) is 2. The molecule has 1 aromatic carbocycles. The molecule has 0 unspecified atom stereocenters. The summed E-state index contributed by atoms with van der Waals surface area (Å²) in [4.78, 5) is 16.8. The molecule has 1 amide bonds. The number of rotatable bonds is 4. The topological polar surface area (TPSA) is 66.6 Å². The van der Waals surface area contributed by atoms with Gasteiger partial charge in [-0.1, -0.05) is 13.0 Å². The highest BCUT2D eigenvalue weighted by Crippen LogP contribution is 2.19. The average molecular weight is 309 g/mol. The summed E-state index contributed by atoms with van der Waals surface area (Å²) in [6, 6.07) is 9.09. The highest BCUT2D eigenvalue weighted by molar-refractivity contribution is 5.96. The highest BCUT2D eigenvalue weighted by atomic mass is 16.3. The molecule has 0 bridgehead atoms. The first-order chi connectivity index (χ1) is 11.1. The van der Waals surface area contributed by atoms with E-state index in [2.05, 4.69) is 10.3 Å². The van der Waals surface area contributed by atoms with Crippen molar-refractivity contribution in [3.63, 3.8) is 0 Å². The Labute approximate surface area is 134 Å². The van der Waals surface area contributed by atoms with Crippen LogP contribution < -0.4 is 5.32 Å². The van der Waals surface area contributed by atoms with Gasteiger partial charge in [0.15, 0.2) is 0 Å². The molecule has 0 radical (unpaired) electrons. The van der Waals surface area contributed by atoms with Crippen molar-refractivity contribution in [2.45, 2.75) is 26.8 Å². The minimum Gasteiger partial charge on any atom is -0.507 e. The van der Waals surface area contributed by atoms with Gasteiger partial charge in [0.05, 0.1) is 17.8 Å². The minimum absolute atomic E-state index is 0.00896. The van der Waals surface area contributed by atoms with E-state index < -0.39 is 0 Å². The molecule has 0 saturated heterocycles. The smallest absolute Gasteiger partial charge is 0.255 e. The summed E-state index contributed by atoms with van der Waals surface area (Å²) in [5.41, 5.74) is 4.07. The zero-order chi connectivity index (χ0) is 16.4. The van der Waals surface area contributed by atoms with Crippen LogP contribution >= 0.6 is 0 Å². The summed E-state index contributed by atoms with van der Waals surface area (Å²) in [6.45, 7) is 4.34. The molecule has 118 valence electrons. The highest BCUT2D eigenvalue weighted by Gasteiger charge is 2.12. The molecular formula is C18H19N3O2. The number of hydrogen-bond acceptors (Lipinski definition) is 3. The van der Waals surface area contributed by atoms with E-state index >= 15 is 0 Å². The van der Waals surface area contributed by atoms with Crippen molar-refractivity contribution in [1.29, 1.82) is 0 Å². The maximum Gasteiger partial charge on any atom is 0.255 e. The van der Waals surface area contributed by atoms with E-state index in [0.717, 1.165) is 28.9 Å². The van der Waals surface area contributed by atoms with Crippen molar-refractivity contribution in [3.8, 4) is 5.75 Å². The molecule has 5 nitrogen and oxygen atoms in total. The van der Waals surface area contributed by atoms with Crippen LogP contribution in [0.15, 0.2) is 42.7 Å². The lowest BCUT2D eigenvalue weighted by Crippen LogP contribution is -2.23. The first-order valence-corrected chi connectivity index (χ1v) is 7.61. The number of carbonyl (C=O) groups is 1. The number of aromatic hydroxyl groups is 1. The fourth-order valence-corrected chi connectivity index (χ4v) is 2.47. The number of benzene rings is 1. The zero-order valence-corrected chi connectivity index (χ0v) is 13.2. The Balaban J connectivity index is 1.75. The molecule has 0 fully saturated rings. The van der Waals surface area contributed by atoms with Crippen LogP contribution in [0.5, 0.6) is 5.75 Å². The van der Waals surface area contributed by atoms with Crippen LogP contribution in [-0.2, 0) is 13.0 Å². The molecule has 0 aliphatic carbocycles. The Bertz CT molecular complexity index is 868. The summed E-state index contributed by atoms with van der Waals surface area (Å²) in [5, 5.41) is 12.7. The number of nitrogens with zero attached hydrogens (tertiary/aromatic N) is 2. The first kappa shape index (κ1) is 15.1. The molecule has 0 aliphatic rings. The van der Waals surface area contributed by atoms with Crippen LogP contribution in [0.1, 0.15) is 34.1 Å². The van der Waals surface area contributed by atoms with E-state index in [-0.39, 0.29) is 11.7 Å². The normalized spacial score (nSPS) is 10.9. The molecule has 2 heterocycles. The fourth-order valence-electron chi connectivity index (χ4n) is 2.47. The van der Waals surface area contributed by atoms with Crippen molar-refractivity contribution in [2.24, 2.45) is 0 Å². The molecule has 0 aliphatic heterocycles. The van der Waals surface area contributed by atoms with Crippen LogP contribution in [0.25, 0.3) is 5.65 Å². The summed E-state index contributed by atoms with van der Waals surface area (Å²) in [7, 11) is 0. The lowest BCUT2D eigenvalue weighted by Gasteiger charge is -2.07. The second-order valence-corrected chi connectivity index (χ2v) is 5.59. The van der Waals surface area contributed by atoms with Crippen LogP contribution in [0, 0.1) is 6.92 Å². The van der Waals surface area contributed by atoms with Crippen molar-refractivity contribution in [2.75, 3.05) is 0 Å². The van der Waals surface area contributed by atoms with Gasteiger partial charge in [0.2, 0.25) is 0 Å². The number of phenolic OH excluding ortho intramolecular Hbond substituents is 1. The summed E-state index contributed by atoms with van der Waals surface area (Å²) >= 11 is 0. The van der Waals surface area contributed by atoms with Crippen molar-refractivity contribution < 1.29 is 9.90 Å². The van der Waals surface area contributed by atoms with E-state index in [9.17, 15) is 9.90 Å². The predicted molar refractivity (Wildman–Crippen MR) is 88.6 cm³/mol. The van der Waals surface area contributed by atoms with E-state index in [1.54, 1.807) is 12.1 Å². The quantitative estimate of drug-likeness (QED) is 0.779. The van der Waals surface area contributed by atoms with E-state index in [4.69, 9.17) is 0 Å². The largest absolute Gasteiger partial charge is 0.507 e. The van der Waals surface area contributed by atoms with Crippen LogP contribution in [-0.4, -0.2) is 20.4 Å². The van der Waals surface area contributed by atoms with Gasteiger partial charge in [-0.05, 0) is 48.7 Å². The molecular weight excluding hydrogens is 290 g/mol. The second-order valence-electron chi connectivity index (χ2n) is 5.59. The van der Waals surface area contributed by atoms with Gasteiger partial charge in [0.25, 0.3) is 5.91 Å². The van der Waals surface area contributed by atoms with Crippen molar-refractivity contribution in [3.05, 3.63) is 65.1 Å². The van der Waals surface area contributed by atoms with Gasteiger partial charge in [-0.2, -0.15) is 0 Å². The van der Waals surface area contributed by atoms with Crippen LogP contribution in [0.3, 0.4) is 0 Å². The SMILES string of the molecule is CCc1ccc(O)c(C(=O)NCc2cn3ccc(C)cc3n2)c1. The van der Waals surface area contributed by atoms with Crippen LogP contribution in [0.4, 0.5) is 0 Å². The molecule has 0 saturated carbocycles. The Morgan fingerprint density at radius 1 is 1.30 bits per heavy atom. The van der Waals surface area contributed by atoms with Gasteiger partial charge < -0.3 is 14.8 Å². The third kappa shape index (κ3) is 3.18. The van der Waals surface area contributed by atoms with E-state index in [0.29, 0.717) is 12.1 Å². The molecule has 5 heteroatoms. The van der Waals surface area contributed by atoms with Gasteiger partial charge in [0.1, 0.15) is 11.4 Å².